The molecule has 9 atom stereocenters. The number of hydrogen-bond acceptors (Lipinski definition) is 17. The number of aliphatic imine (C=N–C) groups is 1. The molecular weight excluding hydrogens is 1290 g/mol. The van der Waals surface area contributed by atoms with Crippen molar-refractivity contribution in [1.82, 2.24) is 72.4 Å². The van der Waals surface area contributed by atoms with Crippen LogP contribution in [0.1, 0.15) is 81.4 Å². The van der Waals surface area contributed by atoms with E-state index in [0.717, 1.165) is 10.8 Å². The van der Waals surface area contributed by atoms with Gasteiger partial charge >= 0.3 is 5.97 Å². The Bertz CT molecular complexity index is 4100. The summed E-state index contributed by atoms with van der Waals surface area (Å²) in [6.45, 7) is 2.21. The first-order chi connectivity index (χ1) is 47.8. The van der Waals surface area contributed by atoms with Crippen molar-refractivity contribution < 1.29 is 68.1 Å². The van der Waals surface area contributed by atoms with Gasteiger partial charge in [-0.15, -0.1) is 0 Å². The molecule has 4 heterocycles. The molecule has 22 N–H and O–H groups in total. The number of likely N-dealkylation sites (tertiary alicyclic amines) is 1. The van der Waals surface area contributed by atoms with E-state index in [0.29, 0.717) is 45.2 Å². The summed E-state index contributed by atoms with van der Waals surface area (Å²) in [6.07, 6.45) is 3.32. The highest BCUT2D eigenvalue weighted by atomic mass is 16.4. The summed E-state index contributed by atoms with van der Waals surface area (Å²) in [5, 5.41) is 53.8. The predicted octanol–water partition coefficient (Wildman–Crippen LogP) is -1.83. The summed E-state index contributed by atoms with van der Waals surface area (Å²) in [4.78, 5) is 177. The molecule has 1 saturated heterocycles. The van der Waals surface area contributed by atoms with Gasteiger partial charge in [-0.3, -0.25) is 57.7 Å². The zero-order valence-electron chi connectivity index (χ0n) is 55.1. The molecule has 10 amide bonds. The summed E-state index contributed by atoms with van der Waals surface area (Å²) >= 11 is 0. The predicted molar refractivity (Wildman–Crippen MR) is 365 cm³/mol. The molecule has 8 rings (SSSR count). The van der Waals surface area contributed by atoms with E-state index in [1.807, 2.05) is 30.3 Å². The normalized spacial score (nSPS) is 15.2. The van der Waals surface area contributed by atoms with Crippen LogP contribution in [-0.4, -0.2) is 197 Å². The van der Waals surface area contributed by atoms with Crippen LogP contribution in [-0.2, 0) is 78.4 Å². The zero-order valence-corrected chi connectivity index (χ0v) is 55.1. The number of phenols is 1. The lowest BCUT2D eigenvalue weighted by Crippen LogP contribution is -2.61. The van der Waals surface area contributed by atoms with Crippen molar-refractivity contribution in [1.29, 1.82) is 0 Å². The van der Waals surface area contributed by atoms with Crippen LogP contribution in [0.15, 0.2) is 109 Å². The number of aromatic nitrogens is 5. The molecule has 0 unspecified atom stereocenters. The summed E-state index contributed by atoms with van der Waals surface area (Å²) in [5.41, 5.74) is 25.5. The minimum atomic E-state index is -1.85. The number of carboxylic acids is 1. The van der Waals surface area contributed by atoms with Gasteiger partial charge in [-0.2, -0.15) is 0 Å². The second-order valence-electron chi connectivity index (χ2n) is 24.9. The fraction of sp³-hybridized carbons (Fsp3) is 0.403. The molecule has 33 nitrogen and oxygen atoms in total. The van der Waals surface area contributed by atoms with E-state index in [4.69, 9.17) is 27.9 Å². The molecule has 33 heteroatoms. The molecule has 0 aliphatic carbocycles. The third kappa shape index (κ3) is 20.8. The number of benzene rings is 4. The lowest BCUT2D eigenvalue weighted by Gasteiger charge is -2.30. The van der Waals surface area contributed by atoms with Crippen LogP contribution in [0.4, 0.5) is 0 Å². The zero-order chi connectivity index (χ0) is 72.2. The minimum Gasteiger partial charge on any atom is -0.508 e. The Hall–Kier alpha value is -11.5. The van der Waals surface area contributed by atoms with Crippen LogP contribution < -0.4 is 65.5 Å². The SMILES string of the molecule is CC(C)C[C@H](NC(=O)[C@H](Cc1nc2c(ccc3ccccc32)[nH]1)NC(=O)[C@H](Cc1ccc(O)cc1)NC(=O)[C@H](CO)NC(=O)[C@H](Cc1c[nH]c2ccccc12)NC(=O)[C@H](Cc1c[nH]cn1)NC(=O)[C@@H](N)CCC(=O)O)C(=O)N[C@@H](CCCN=C(N)N)C(=O)N1CCC[C@@H]1C(=O)NCC(N)=O. The Morgan fingerprint density at radius 3 is 1.91 bits per heavy atom. The van der Waals surface area contributed by atoms with Crippen molar-refractivity contribution in [2.24, 2.45) is 33.8 Å². The van der Waals surface area contributed by atoms with Gasteiger partial charge in [-0.1, -0.05) is 74.5 Å². The van der Waals surface area contributed by atoms with Crippen molar-refractivity contribution in [3.05, 3.63) is 126 Å². The number of carboxylic acid groups (broad SMARTS) is 1. The maximum Gasteiger partial charge on any atom is 0.303 e. The second-order valence-corrected chi connectivity index (χ2v) is 24.9. The van der Waals surface area contributed by atoms with Gasteiger partial charge in [-0.25, -0.2) is 9.97 Å². The molecule has 100 heavy (non-hydrogen) atoms. The Morgan fingerprint density at radius 1 is 0.660 bits per heavy atom. The largest absolute Gasteiger partial charge is 0.508 e. The average molecular weight is 1380 g/mol. The van der Waals surface area contributed by atoms with Gasteiger partial charge in [-0.05, 0) is 85.2 Å². The number of aromatic amines is 3. The van der Waals surface area contributed by atoms with Crippen molar-refractivity contribution in [2.75, 3.05) is 26.2 Å². The number of carbonyl (C=O) groups excluding carboxylic acids is 10. The maximum atomic E-state index is 15.2. The summed E-state index contributed by atoms with van der Waals surface area (Å²) in [7, 11) is 0. The van der Waals surface area contributed by atoms with E-state index in [2.05, 4.69) is 67.5 Å². The number of aliphatic hydroxyl groups is 1. The number of guanidine groups is 1. The number of nitrogens with two attached hydrogens (primary N) is 4. The van der Waals surface area contributed by atoms with Gasteiger partial charge in [0.15, 0.2) is 5.96 Å². The number of fused-ring (bicyclic) bond motifs is 4. The van der Waals surface area contributed by atoms with Crippen LogP contribution in [0.5, 0.6) is 5.75 Å². The first kappa shape index (κ1) is 74.3. The first-order valence-corrected chi connectivity index (χ1v) is 32.6. The molecule has 3 aromatic heterocycles. The smallest absolute Gasteiger partial charge is 0.303 e. The summed E-state index contributed by atoms with van der Waals surface area (Å²) in [5.74, 6) is -10.4. The number of para-hydroxylation sites is 1. The molecular formula is C67H85N19O14. The molecule has 1 aliphatic rings. The number of nitrogens with one attached hydrogen (secondary N) is 11. The highest BCUT2D eigenvalue weighted by Crippen LogP contribution is 2.26. The lowest BCUT2D eigenvalue weighted by atomic mass is 10.0. The number of imidazole rings is 2. The van der Waals surface area contributed by atoms with Gasteiger partial charge in [0.1, 0.15) is 59.9 Å². The van der Waals surface area contributed by atoms with Gasteiger partial charge in [0.2, 0.25) is 59.1 Å². The average Bonchev–Trinajstić information content (AvgIpc) is 1.62. The van der Waals surface area contributed by atoms with E-state index >= 15 is 9.59 Å². The highest BCUT2D eigenvalue weighted by Gasteiger charge is 2.40. The van der Waals surface area contributed by atoms with Crippen LogP contribution in [0, 0.1) is 5.92 Å². The van der Waals surface area contributed by atoms with Gasteiger partial charge in [0, 0.05) is 73.9 Å². The van der Waals surface area contributed by atoms with Crippen molar-refractivity contribution in [3.63, 3.8) is 0 Å². The van der Waals surface area contributed by atoms with E-state index in [1.54, 1.807) is 50.4 Å². The number of aliphatic hydroxyl groups excluding tert-OH is 1. The summed E-state index contributed by atoms with van der Waals surface area (Å²) < 4.78 is 0. The fourth-order valence-electron chi connectivity index (χ4n) is 11.7. The highest BCUT2D eigenvalue weighted by molar-refractivity contribution is 6.04. The Balaban J connectivity index is 1.08. The maximum absolute atomic E-state index is 15.2. The molecule has 4 aromatic carbocycles. The molecule has 0 spiro atoms. The molecule has 0 radical (unpaired) electrons. The van der Waals surface area contributed by atoms with Gasteiger partial charge < -0.3 is 101 Å². The molecule has 7 aromatic rings. The third-order valence-corrected chi connectivity index (χ3v) is 16.8. The number of rotatable bonds is 36. The number of aromatic hydroxyl groups is 1. The van der Waals surface area contributed by atoms with E-state index in [9.17, 15) is 58.5 Å². The van der Waals surface area contributed by atoms with Gasteiger partial charge in [0.25, 0.3) is 0 Å². The van der Waals surface area contributed by atoms with Crippen LogP contribution >= 0.6 is 0 Å². The standard InChI is InChI=1S/C67H85N19O14/c1-35(2)25-47(59(93)78-46(13-7-23-73-67(70)71)66(100)86-24-8-14-53(86)65(99)75-32-54(69)89)80-63(97)51(29-55-77-45-21-17-37-9-3-4-11-42(37)57(45)85-55)83-60(94)48(26-36-15-18-40(88)19-16-36)81-64(98)52(33-87)84-61(95)49(27-38-30-74-44-12-6-5-10-41(38)44)82-62(96)50(28-39-31-72-34-76-39)79-58(92)43(68)20-22-56(90)91/h3-6,9-12,15-19,21,30-31,34-35,43,46-53,74,87-88H,7-8,13-14,20,22-29,32-33,68H2,1-2H3,(H2,69,89)(H,72,76)(H,75,99)(H,77,85)(H,78,93)(H,79,92)(H,80,97)(H,81,98)(H,82,96)(H,83,94)(H,84,95)(H,90,91)(H4,70,71,73)/t43-,46-,47-,48-,49-,50-,51-,52-,53+/m0/s1. The third-order valence-electron chi connectivity index (χ3n) is 16.8. The lowest BCUT2D eigenvalue weighted by molar-refractivity contribution is -0.142. The Morgan fingerprint density at radius 2 is 1.26 bits per heavy atom. The molecule has 532 valence electrons. The van der Waals surface area contributed by atoms with E-state index in [1.165, 1.54) is 41.7 Å². The number of carbonyl (C=O) groups is 11. The second kappa shape index (κ2) is 35.2. The van der Waals surface area contributed by atoms with Gasteiger partial charge in [0.05, 0.1) is 42.2 Å². The molecule has 0 saturated carbocycles. The first-order valence-electron chi connectivity index (χ1n) is 32.6. The Labute approximate surface area is 573 Å². The number of H-pyrrole nitrogens is 3. The molecule has 1 fully saturated rings. The van der Waals surface area contributed by atoms with Crippen molar-refractivity contribution in [3.8, 4) is 5.75 Å². The summed E-state index contributed by atoms with van der Waals surface area (Å²) in [6, 6.07) is 10.6. The number of hydrogen-bond donors (Lipinski definition) is 18. The van der Waals surface area contributed by atoms with E-state index < -0.39 is 139 Å². The topological polar surface area (TPSA) is 538 Å². The van der Waals surface area contributed by atoms with Crippen LogP contribution in [0.2, 0.25) is 0 Å². The number of nitrogens with zero attached hydrogens (tertiary/aromatic N) is 4. The van der Waals surface area contributed by atoms with Crippen LogP contribution in [0.25, 0.3) is 32.7 Å². The number of primary amides is 1. The number of aliphatic carboxylic acids is 1. The van der Waals surface area contributed by atoms with Crippen molar-refractivity contribution in [2.45, 2.75) is 139 Å². The van der Waals surface area contributed by atoms with E-state index in [-0.39, 0.29) is 94.3 Å². The van der Waals surface area contributed by atoms with Crippen molar-refractivity contribution >= 4 is 104 Å². The fourth-order valence-corrected chi connectivity index (χ4v) is 11.7. The molecule has 0 bridgehead atoms. The molecule has 1 aliphatic heterocycles. The number of amides is 10. The quantitative estimate of drug-likeness (QED) is 0.0117. The number of phenolic OH excluding ortho intramolecular Hbond substituents is 1. The minimum absolute atomic E-state index is 0.0150. The monoisotopic (exact) mass is 1380 g/mol. The van der Waals surface area contributed by atoms with Crippen LogP contribution in [0.3, 0.4) is 0 Å². The Kier molecular flexibility index (Phi) is 26.1.